The first-order valence-electron chi connectivity index (χ1n) is 4.31. The molecule has 1 fully saturated rings. The Morgan fingerprint density at radius 2 is 1.91 bits per heavy atom. The van der Waals surface area contributed by atoms with Gasteiger partial charge in [0.05, 0.1) is 0 Å². The fourth-order valence-corrected chi connectivity index (χ4v) is 1.79. The Hall–Kier alpha value is 0.250. The second-order valence-corrected chi connectivity index (χ2v) is 4.15. The van der Waals surface area contributed by atoms with Crippen molar-refractivity contribution in [2.45, 2.75) is 33.1 Å². The van der Waals surface area contributed by atoms with Gasteiger partial charge in [0.1, 0.15) is 0 Å². The summed E-state index contributed by atoms with van der Waals surface area (Å²) in [7, 11) is 2.04. The SMILES string of the molecule is CNCC(C)(C)C1CCC1.Cl. The standard InChI is InChI=1S/C9H19N.ClH/c1-9(2,7-10-3)8-5-4-6-8;/h8,10H,4-7H2,1-3H3;1H. The van der Waals surface area contributed by atoms with E-state index < -0.39 is 0 Å². The van der Waals surface area contributed by atoms with Gasteiger partial charge in [0.25, 0.3) is 0 Å². The topological polar surface area (TPSA) is 12.0 Å². The second kappa shape index (κ2) is 4.32. The monoisotopic (exact) mass is 177 g/mol. The first-order valence-corrected chi connectivity index (χ1v) is 4.31. The number of rotatable bonds is 3. The van der Waals surface area contributed by atoms with Gasteiger partial charge in [-0.05, 0) is 31.2 Å². The highest BCUT2D eigenvalue weighted by Crippen LogP contribution is 2.40. The third-order valence-electron chi connectivity index (χ3n) is 2.84. The third-order valence-corrected chi connectivity index (χ3v) is 2.84. The molecule has 0 aliphatic heterocycles. The van der Waals surface area contributed by atoms with Crippen LogP contribution in [-0.4, -0.2) is 13.6 Å². The maximum absolute atomic E-state index is 3.26. The fraction of sp³-hybridized carbons (Fsp3) is 1.00. The van der Waals surface area contributed by atoms with E-state index in [2.05, 4.69) is 19.2 Å². The van der Waals surface area contributed by atoms with Crippen LogP contribution in [0, 0.1) is 11.3 Å². The maximum Gasteiger partial charge on any atom is 0.000216 e. The predicted molar refractivity (Wildman–Crippen MR) is 52.3 cm³/mol. The molecule has 1 N–H and O–H groups in total. The molecule has 2 heteroatoms. The summed E-state index contributed by atoms with van der Waals surface area (Å²) in [5.41, 5.74) is 0.535. The zero-order valence-electron chi connectivity index (χ0n) is 7.81. The smallest absolute Gasteiger partial charge is 0.000216 e. The molecule has 0 aromatic heterocycles. The Kier molecular flexibility index (Phi) is 4.42. The van der Waals surface area contributed by atoms with Crippen LogP contribution in [0.1, 0.15) is 33.1 Å². The van der Waals surface area contributed by atoms with Crippen LogP contribution in [0.25, 0.3) is 0 Å². The first-order chi connectivity index (χ1) is 4.67. The molecule has 0 atom stereocenters. The van der Waals surface area contributed by atoms with Crippen LogP contribution in [0.5, 0.6) is 0 Å². The van der Waals surface area contributed by atoms with E-state index in [1.165, 1.54) is 19.3 Å². The van der Waals surface area contributed by atoms with Gasteiger partial charge in [-0.15, -0.1) is 12.4 Å². The molecule has 1 rings (SSSR count). The highest BCUT2D eigenvalue weighted by molar-refractivity contribution is 5.85. The molecule has 68 valence electrons. The van der Waals surface area contributed by atoms with Crippen LogP contribution in [-0.2, 0) is 0 Å². The molecular weight excluding hydrogens is 158 g/mol. The van der Waals surface area contributed by atoms with Crippen LogP contribution in [0.4, 0.5) is 0 Å². The first kappa shape index (κ1) is 11.2. The number of hydrogen-bond acceptors (Lipinski definition) is 1. The summed E-state index contributed by atoms with van der Waals surface area (Å²) in [4.78, 5) is 0. The van der Waals surface area contributed by atoms with Gasteiger partial charge in [-0.25, -0.2) is 0 Å². The maximum atomic E-state index is 3.26. The Balaban J connectivity index is 0.000001000. The molecule has 0 saturated heterocycles. The number of hydrogen-bond donors (Lipinski definition) is 1. The van der Waals surface area contributed by atoms with Crippen molar-refractivity contribution < 1.29 is 0 Å². The van der Waals surface area contributed by atoms with Gasteiger partial charge in [-0.1, -0.05) is 20.3 Å². The lowest BCUT2D eigenvalue weighted by atomic mass is 9.67. The molecule has 1 saturated carbocycles. The molecule has 0 aromatic carbocycles. The van der Waals surface area contributed by atoms with Gasteiger partial charge in [0, 0.05) is 6.54 Å². The number of nitrogens with one attached hydrogen (secondary N) is 1. The van der Waals surface area contributed by atoms with Gasteiger partial charge in [-0.2, -0.15) is 0 Å². The van der Waals surface area contributed by atoms with Crippen molar-refractivity contribution >= 4 is 12.4 Å². The van der Waals surface area contributed by atoms with Gasteiger partial charge in [0.15, 0.2) is 0 Å². The van der Waals surface area contributed by atoms with Gasteiger partial charge in [0.2, 0.25) is 0 Å². The van der Waals surface area contributed by atoms with Crippen molar-refractivity contribution in [1.82, 2.24) is 5.32 Å². The van der Waals surface area contributed by atoms with Crippen LogP contribution < -0.4 is 5.32 Å². The van der Waals surface area contributed by atoms with E-state index in [1.54, 1.807) is 0 Å². The van der Waals surface area contributed by atoms with Crippen LogP contribution in [0.2, 0.25) is 0 Å². The summed E-state index contributed by atoms with van der Waals surface area (Å²) in [6.07, 6.45) is 4.36. The molecule has 0 amide bonds. The average molecular weight is 178 g/mol. The molecule has 0 radical (unpaired) electrons. The molecule has 0 aromatic rings. The van der Waals surface area contributed by atoms with Crippen molar-refractivity contribution in [2.75, 3.05) is 13.6 Å². The van der Waals surface area contributed by atoms with E-state index >= 15 is 0 Å². The third kappa shape index (κ3) is 2.64. The fourth-order valence-electron chi connectivity index (χ4n) is 1.79. The molecule has 0 spiro atoms. The normalized spacial score (nSPS) is 18.8. The lowest BCUT2D eigenvalue weighted by Crippen LogP contribution is -2.37. The van der Waals surface area contributed by atoms with Crippen LogP contribution in [0.15, 0.2) is 0 Å². The Morgan fingerprint density at radius 1 is 1.36 bits per heavy atom. The van der Waals surface area contributed by atoms with Crippen molar-refractivity contribution in [2.24, 2.45) is 11.3 Å². The van der Waals surface area contributed by atoms with Crippen molar-refractivity contribution in [1.29, 1.82) is 0 Å². The molecule has 0 heterocycles. The number of halogens is 1. The minimum Gasteiger partial charge on any atom is -0.319 e. The summed E-state index contributed by atoms with van der Waals surface area (Å²) in [5, 5.41) is 3.26. The summed E-state index contributed by atoms with van der Waals surface area (Å²) in [6, 6.07) is 0. The van der Waals surface area contributed by atoms with Crippen molar-refractivity contribution in [3.63, 3.8) is 0 Å². The van der Waals surface area contributed by atoms with Crippen molar-refractivity contribution in [3.05, 3.63) is 0 Å². The lowest BCUT2D eigenvalue weighted by molar-refractivity contribution is 0.121. The summed E-state index contributed by atoms with van der Waals surface area (Å²) < 4.78 is 0. The van der Waals surface area contributed by atoms with Gasteiger partial charge >= 0.3 is 0 Å². The summed E-state index contributed by atoms with van der Waals surface area (Å²) >= 11 is 0. The highest BCUT2D eigenvalue weighted by Gasteiger charge is 2.32. The zero-order chi connectivity index (χ0) is 7.61. The Labute approximate surface area is 76.4 Å². The Morgan fingerprint density at radius 3 is 2.18 bits per heavy atom. The molecule has 0 bridgehead atoms. The van der Waals surface area contributed by atoms with E-state index in [-0.39, 0.29) is 12.4 Å². The largest absolute Gasteiger partial charge is 0.319 e. The second-order valence-electron chi connectivity index (χ2n) is 4.15. The van der Waals surface area contributed by atoms with E-state index in [0.29, 0.717) is 5.41 Å². The van der Waals surface area contributed by atoms with Crippen LogP contribution >= 0.6 is 12.4 Å². The Bertz CT molecular complexity index is 108. The minimum atomic E-state index is 0. The molecule has 0 unspecified atom stereocenters. The molecule has 1 nitrogen and oxygen atoms in total. The molecular formula is C9H20ClN. The lowest BCUT2D eigenvalue weighted by Gasteiger charge is -2.40. The molecule has 1 aliphatic carbocycles. The molecule has 1 aliphatic rings. The zero-order valence-corrected chi connectivity index (χ0v) is 8.63. The van der Waals surface area contributed by atoms with Gasteiger partial charge in [-0.3, -0.25) is 0 Å². The van der Waals surface area contributed by atoms with E-state index in [4.69, 9.17) is 0 Å². The summed E-state index contributed by atoms with van der Waals surface area (Å²) in [5.74, 6) is 0.986. The van der Waals surface area contributed by atoms with E-state index in [9.17, 15) is 0 Å². The predicted octanol–water partition coefficient (Wildman–Crippen LogP) is 2.45. The van der Waals surface area contributed by atoms with E-state index in [0.717, 1.165) is 12.5 Å². The minimum absolute atomic E-state index is 0. The average Bonchev–Trinajstić information content (AvgIpc) is 1.56. The van der Waals surface area contributed by atoms with E-state index in [1.807, 2.05) is 7.05 Å². The van der Waals surface area contributed by atoms with Crippen LogP contribution in [0.3, 0.4) is 0 Å². The quantitative estimate of drug-likeness (QED) is 0.699. The summed E-state index contributed by atoms with van der Waals surface area (Å²) in [6.45, 7) is 5.90. The van der Waals surface area contributed by atoms with Crippen molar-refractivity contribution in [3.8, 4) is 0 Å². The van der Waals surface area contributed by atoms with Gasteiger partial charge < -0.3 is 5.32 Å². The molecule has 11 heavy (non-hydrogen) atoms. The highest BCUT2D eigenvalue weighted by atomic mass is 35.5.